The average Bonchev–Trinajstić information content (AvgIpc) is 2.50. The number of aliphatic carboxylic acids is 1. The van der Waals surface area contributed by atoms with Crippen LogP contribution in [0.3, 0.4) is 0 Å². The molecule has 0 saturated carbocycles. The molecule has 7 heteroatoms. The number of benzene rings is 1. The fourth-order valence-electron chi connectivity index (χ4n) is 2.10. The highest BCUT2D eigenvalue weighted by molar-refractivity contribution is 5.85. The second-order valence-electron chi connectivity index (χ2n) is 5.04. The second-order valence-corrected chi connectivity index (χ2v) is 5.04. The molecule has 0 heterocycles. The number of carboxylic acid groups (broad SMARTS) is 1. The molecule has 1 atom stereocenters. The minimum atomic E-state index is -0.930. The van der Waals surface area contributed by atoms with Crippen LogP contribution in [0.1, 0.15) is 30.9 Å². The van der Waals surface area contributed by atoms with Crippen LogP contribution in [0.25, 0.3) is 0 Å². The largest absolute Gasteiger partial charge is 0.480 e. The van der Waals surface area contributed by atoms with Crippen molar-refractivity contribution in [1.82, 2.24) is 10.6 Å². The van der Waals surface area contributed by atoms with Crippen molar-refractivity contribution in [3.63, 3.8) is 0 Å². The van der Waals surface area contributed by atoms with Crippen molar-refractivity contribution >= 4 is 24.3 Å². The van der Waals surface area contributed by atoms with Crippen molar-refractivity contribution in [2.75, 3.05) is 13.7 Å². The molecule has 1 aromatic rings. The normalized spacial score (nSPS) is 11.4. The number of amides is 1. The smallest absolute Gasteiger partial charge is 0.320 e. The SMILES string of the molecule is CCCC(NCC(=O)NCc1ccccc1COC)C(=O)O.Cl. The lowest BCUT2D eigenvalue weighted by molar-refractivity contribution is -0.139. The Labute approximate surface area is 143 Å². The van der Waals surface area contributed by atoms with Gasteiger partial charge in [-0.25, -0.2) is 0 Å². The summed E-state index contributed by atoms with van der Waals surface area (Å²) in [6, 6.07) is 7.02. The summed E-state index contributed by atoms with van der Waals surface area (Å²) < 4.78 is 5.12. The predicted octanol–water partition coefficient (Wildman–Crippen LogP) is 1.71. The Hall–Kier alpha value is -1.63. The molecule has 1 rings (SSSR count). The number of hydrogen-bond donors (Lipinski definition) is 3. The van der Waals surface area contributed by atoms with Gasteiger partial charge in [0.25, 0.3) is 0 Å². The summed E-state index contributed by atoms with van der Waals surface area (Å²) in [6.45, 7) is 2.78. The highest BCUT2D eigenvalue weighted by Crippen LogP contribution is 2.09. The Kier molecular flexibility index (Phi) is 11.0. The van der Waals surface area contributed by atoms with Crippen molar-refractivity contribution in [2.24, 2.45) is 0 Å². The third kappa shape index (κ3) is 7.97. The van der Waals surface area contributed by atoms with Crippen LogP contribution in [-0.2, 0) is 27.5 Å². The molecule has 1 aromatic carbocycles. The van der Waals surface area contributed by atoms with Crippen LogP contribution in [0.15, 0.2) is 24.3 Å². The number of halogens is 1. The van der Waals surface area contributed by atoms with Crippen LogP contribution in [-0.4, -0.2) is 36.7 Å². The van der Waals surface area contributed by atoms with Crippen molar-refractivity contribution in [3.8, 4) is 0 Å². The van der Waals surface area contributed by atoms with Crippen molar-refractivity contribution in [1.29, 1.82) is 0 Å². The molecule has 0 saturated heterocycles. The number of ether oxygens (including phenoxy) is 1. The van der Waals surface area contributed by atoms with Gasteiger partial charge in [0.05, 0.1) is 13.2 Å². The molecule has 130 valence electrons. The maximum Gasteiger partial charge on any atom is 0.320 e. The van der Waals surface area contributed by atoms with Gasteiger partial charge in [-0.05, 0) is 17.5 Å². The lowest BCUT2D eigenvalue weighted by Gasteiger charge is -2.14. The maximum absolute atomic E-state index is 11.8. The fourth-order valence-corrected chi connectivity index (χ4v) is 2.10. The molecule has 23 heavy (non-hydrogen) atoms. The van der Waals surface area contributed by atoms with E-state index >= 15 is 0 Å². The minimum absolute atomic E-state index is 0. The Morgan fingerprint density at radius 1 is 1.26 bits per heavy atom. The lowest BCUT2D eigenvalue weighted by Crippen LogP contribution is -2.42. The summed E-state index contributed by atoms with van der Waals surface area (Å²) in [7, 11) is 1.62. The van der Waals surface area contributed by atoms with Gasteiger partial charge >= 0.3 is 5.97 Å². The van der Waals surface area contributed by atoms with Gasteiger partial charge in [0, 0.05) is 13.7 Å². The third-order valence-corrected chi connectivity index (χ3v) is 3.28. The first-order valence-electron chi connectivity index (χ1n) is 7.37. The van der Waals surface area contributed by atoms with Gasteiger partial charge in [-0.15, -0.1) is 12.4 Å². The quantitative estimate of drug-likeness (QED) is 0.601. The molecule has 0 bridgehead atoms. The topological polar surface area (TPSA) is 87.7 Å². The number of nitrogens with one attached hydrogen (secondary N) is 2. The first-order chi connectivity index (χ1) is 10.6. The molecule has 0 aliphatic carbocycles. The summed E-state index contributed by atoms with van der Waals surface area (Å²) in [5, 5.41) is 14.6. The minimum Gasteiger partial charge on any atom is -0.480 e. The molecule has 0 spiro atoms. The van der Waals surface area contributed by atoms with E-state index in [1.54, 1.807) is 7.11 Å². The second kappa shape index (κ2) is 11.9. The number of carboxylic acids is 1. The zero-order valence-electron chi connectivity index (χ0n) is 13.5. The van der Waals surface area contributed by atoms with Gasteiger partial charge < -0.3 is 15.2 Å². The van der Waals surface area contributed by atoms with E-state index in [0.717, 1.165) is 17.5 Å². The van der Waals surface area contributed by atoms with Crippen LogP contribution < -0.4 is 10.6 Å². The molecule has 0 aliphatic heterocycles. The van der Waals surface area contributed by atoms with Gasteiger partial charge in [-0.3, -0.25) is 14.9 Å². The van der Waals surface area contributed by atoms with Crippen LogP contribution >= 0.6 is 12.4 Å². The third-order valence-electron chi connectivity index (χ3n) is 3.28. The Morgan fingerprint density at radius 3 is 2.48 bits per heavy atom. The van der Waals surface area contributed by atoms with E-state index in [1.165, 1.54) is 0 Å². The number of carbonyl (C=O) groups is 2. The van der Waals surface area contributed by atoms with E-state index in [0.29, 0.717) is 19.6 Å². The van der Waals surface area contributed by atoms with Crippen LogP contribution in [0.5, 0.6) is 0 Å². The van der Waals surface area contributed by atoms with E-state index < -0.39 is 12.0 Å². The average molecular weight is 345 g/mol. The number of methoxy groups -OCH3 is 1. The number of hydrogen-bond acceptors (Lipinski definition) is 4. The van der Waals surface area contributed by atoms with Crippen LogP contribution in [0, 0.1) is 0 Å². The van der Waals surface area contributed by atoms with Crippen LogP contribution in [0.4, 0.5) is 0 Å². The Morgan fingerprint density at radius 2 is 1.91 bits per heavy atom. The highest BCUT2D eigenvalue weighted by atomic mass is 35.5. The molecule has 1 amide bonds. The first kappa shape index (κ1) is 21.4. The fraction of sp³-hybridized carbons (Fsp3) is 0.500. The molecule has 0 aromatic heterocycles. The van der Waals surface area contributed by atoms with Crippen molar-refractivity contribution < 1.29 is 19.4 Å². The molecule has 0 aliphatic rings. The molecule has 0 fully saturated rings. The Bertz CT molecular complexity index is 497. The summed E-state index contributed by atoms with van der Waals surface area (Å²) in [6.07, 6.45) is 1.25. The van der Waals surface area contributed by atoms with Crippen molar-refractivity contribution in [3.05, 3.63) is 35.4 Å². The molecule has 1 unspecified atom stereocenters. The van der Waals surface area contributed by atoms with Crippen LogP contribution in [0.2, 0.25) is 0 Å². The molecular formula is C16H25ClN2O4. The first-order valence-corrected chi connectivity index (χ1v) is 7.37. The zero-order chi connectivity index (χ0) is 16.4. The molecule has 3 N–H and O–H groups in total. The molecule has 6 nitrogen and oxygen atoms in total. The van der Waals surface area contributed by atoms with Gasteiger partial charge in [-0.2, -0.15) is 0 Å². The van der Waals surface area contributed by atoms with Gasteiger partial charge in [0.1, 0.15) is 6.04 Å². The monoisotopic (exact) mass is 344 g/mol. The van der Waals surface area contributed by atoms with Gasteiger partial charge in [-0.1, -0.05) is 37.6 Å². The van der Waals surface area contributed by atoms with Gasteiger partial charge in [0.2, 0.25) is 5.91 Å². The zero-order valence-corrected chi connectivity index (χ0v) is 14.3. The van der Waals surface area contributed by atoms with E-state index in [2.05, 4.69) is 10.6 Å². The molecular weight excluding hydrogens is 320 g/mol. The number of rotatable bonds is 10. The predicted molar refractivity (Wildman–Crippen MR) is 90.6 cm³/mol. The lowest BCUT2D eigenvalue weighted by atomic mass is 10.1. The van der Waals surface area contributed by atoms with Crippen molar-refractivity contribution in [2.45, 2.75) is 39.0 Å². The molecule has 0 radical (unpaired) electrons. The van der Waals surface area contributed by atoms with Gasteiger partial charge in [0.15, 0.2) is 0 Å². The van der Waals surface area contributed by atoms with E-state index in [1.807, 2.05) is 31.2 Å². The summed E-state index contributed by atoms with van der Waals surface area (Å²) in [5.74, 6) is -1.16. The maximum atomic E-state index is 11.8. The highest BCUT2D eigenvalue weighted by Gasteiger charge is 2.16. The summed E-state index contributed by atoms with van der Waals surface area (Å²) >= 11 is 0. The standard InChI is InChI=1S/C16H24N2O4.ClH/c1-3-6-14(16(20)21)17-10-15(19)18-9-12-7-4-5-8-13(12)11-22-2;/h4-5,7-8,14,17H,3,6,9-11H2,1-2H3,(H,18,19)(H,20,21);1H. The summed E-state index contributed by atoms with van der Waals surface area (Å²) in [4.78, 5) is 22.8. The Balaban J connectivity index is 0.00000484. The summed E-state index contributed by atoms with van der Waals surface area (Å²) in [5.41, 5.74) is 2.01. The van der Waals surface area contributed by atoms with E-state index in [4.69, 9.17) is 9.84 Å². The van der Waals surface area contributed by atoms with E-state index in [9.17, 15) is 9.59 Å². The van der Waals surface area contributed by atoms with E-state index in [-0.39, 0.29) is 24.9 Å². The number of carbonyl (C=O) groups excluding carboxylic acids is 1.